The number of carbonyl (C=O) groups excluding carboxylic acids is 1. The second-order valence-electron chi connectivity index (χ2n) is 15.3. The first kappa shape index (κ1) is 43.8. The largest absolute Gasteiger partial charge is 0.419 e. The summed E-state index contributed by atoms with van der Waals surface area (Å²) in [5.41, 5.74) is -3.83. The van der Waals surface area contributed by atoms with E-state index in [9.17, 15) is 49.4 Å². The molecule has 2 saturated carbocycles. The van der Waals surface area contributed by atoms with E-state index < -0.39 is 52.3 Å². The summed E-state index contributed by atoms with van der Waals surface area (Å²) < 4.78 is 134. The first-order chi connectivity index (χ1) is 27.4. The first-order valence-corrected chi connectivity index (χ1v) is 21.0. The van der Waals surface area contributed by atoms with E-state index in [-0.39, 0.29) is 29.7 Å². The van der Waals surface area contributed by atoms with E-state index in [1.807, 2.05) is 0 Å². The number of Topliss-reactive ketones (excluding diaryl/α,β-unsaturated/α-hetero) is 1. The lowest BCUT2D eigenvalue weighted by atomic mass is 9.74. The van der Waals surface area contributed by atoms with Gasteiger partial charge in [-0.25, -0.2) is 17.6 Å². The topological polar surface area (TPSA) is 37.3 Å². The van der Waals surface area contributed by atoms with E-state index >= 15 is 4.39 Å². The van der Waals surface area contributed by atoms with E-state index in [0.717, 1.165) is 57.3 Å². The summed E-state index contributed by atoms with van der Waals surface area (Å²) in [7, 11) is 0. The molecule has 0 atom stereocenters. The molecule has 0 spiro atoms. The van der Waals surface area contributed by atoms with Crippen molar-refractivity contribution in [1.29, 1.82) is 0 Å². The third kappa shape index (κ3) is 9.03. The van der Waals surface area contributed by atoms with Gasteiger partial charge in [0, 0.05) is 39.9 Å². The standard InChI is InChI=1S/C22H21F5OS.C13H5F5S.C9H16O/c1-2-3-12-8-10-21(28,11-9-12)15-6-4-13-14-5-7-16(22(25,26)27)18(24)20(14)29-19(13)17(15)23;14-9-3-1-2-6-7-4-5-8(13(16,17)18)10(15)12(7)19-11(6)9;1-2-3-8-4-6-9(10)7-5-8/h4-7,12,28H,2-3,8-11H2,1H3;1-5H;8H,2-7H2,1H3. The highest BCUT2D eigenvalue weighted by Crippen LogP contribution is 2.47. The van der Waals surface area contributed by atoms with Crippen LogP contribution < -0.4 is 0 Å². The van der Waals surface area contributed by atoms with Gasteiger partial charge in [0.15, 0.2) is 11.6 Å². The summed E-state index contributed by atoms with van der Waals surface area (Å²) in [5, 5.41) is 12.4. The number of carbonyl (C=O) groups is 1. The van der Waals surface area contributed by atoms with Crippen molar-refractivity contribution in [3.8, 4) is 0 Å². The number of fused-ring (bicyclic) bond motifs is 6. The van der Waals surface area contributed by atoms with Gasteiger partial charge in [-0.05, 0) is 68.6 Å². The van der Waals surface area contributed by atoms with E-state index in [0.29, 0.717) is 75.5 Å². The molecule has 6 aromatic rings. The molecule has 2 fully saturated rings. The van der Waals surface area contributed by atoms with Crippen LogP contribution in [0.3, 0.4) is 0 Å². The Kier molecular flexibility index (Phi) is 13.2. The fourth-order valence-electron chi connectivity index (χ4n) is 8.25. The Bertz CT molecular complexity index is 2410. The lowest BCUT2D eigenvalue weighted by Gasteiger charge is -2.36. The summed E-state index contributed by atoms with van der Waals surface area (Å²) in [6.45, 7) is 4.33. The lowest BCUT2D eigenvalue weighted by molar-refractivity contribution is -0.140. The van der Waals surface area contributed by atoms with Crippen molar-refractivity contribution >= 4 is 68.8 Å². The Morgan fingerprint density at radius 2 is 1.03 bits per heavy atom. The maximum Gasteiger partial charge on any atom is 0.419 e. The molecule has 312 valence electrons. The smallest absolute Gasteiger partial charge is 0.385 e. The number of benzene rings is 4. The summed E-state index contributed by atoms with van der Waals surface area (Å²) in [5.74, 6) is -2.08. The van der Waals surface area contributed by atoms with Crippen molar-refractivity contribution in [1.82, 2.24) is 0 Å². The van der Waals surface area contributed by atoms with Crippen LogP contribution in [-0.4, -0.2) is 10.9 Å². The van der Waals surface area contributed by atoms with Crippen molar-refractivity contribution in [2.45, 2.75) is 109 Å². The van der Waals surface area contributed by atoms with Crippen molar-refractivity contribution in [2.75, 3.05) is 0 Å². The summed E-state index contributed by atoms with van der Waals surface area (Å²) in [4.78, 5) is 10.8. The molecule has 4 aromatic carbocycles. The fraction of sp³-hybridized carbons (Fsp3) is 0.432. The number of ketones is 1. The maximum atomic E-state index is 15.4. The molecular weight excluding hydrogens is 815 g/mol. The SMILES string of the molecule is CCCC1CCC(=O)CC1.CCCC1CCC(O)(c2ccc3c(sc4c(F)c(C(F)(F)F)ccc43)c2F)CC1.Fc1cccc2c1sc1c(F)c(C(F)(F)F)ccc12. The van der Waals surface area contributed by atoms with Gasteiger partial charge >= 0.3 is 12.4 Å². The van der Waals surface area contributed by atoms with Crippen molar-refractivity contribution in [3.05, 3.63) is 94.6 Å². The van der Waals surface area contributed by atoms with Gasteiger partial charge in [-0.1, -0.05) is 75.9 Å². The average Bonchev–Trinajstić information content (AvgIpc) is 3.75. The predicted octanol–water partition coefficient (Wildman–Crippen LogP) is 15.4. The molecule has 2 aromatic heterocycles. The van der Waals surface area contributed by atoms with Gasteiger partial charge in [-0.2, -0.15) is 26.3 Å². The molecule has 0 radical (unpaired) electrons. The molecule has 0 aliphatic heterocycles. The third-order valence-corrected chi connectivity index (χ3v) is 13.8. The Morgan fingerprint density at radius 3 is 1.52 bits per heavy atom. The molecule has 58 heavy (non-hydrogen) atoms. The highest BCUT2D eigenvalue weighted by molar-refractivity contribution is 7.26. The van der Waals surface area contributed by atoms with E-state index in [1.165, 1.54) is 43.2 Å². The van der Waals surface area contributed by atoms with Crippen LogP contribution in [0.25, 0.3) is 40.3 Å². The number of rotatable bonds is 5. The minimum atomic E-state index is -4.82. The second kappa shape index (κ2) is 17.5. The van der Waals surface area contributed by atoms with Crippen molar-refractivity contribution in [2.24, 2.45) is 11.8 Å². The van der Waals surface area contributed by atoms with Crippen LogP contribution in [0, 0.1) is 35.1 Å². The first-order valence-electron chi connectivity index (χ1n) is 19.4. The number of halogens is 10. The van der Waals surface area contributed by atoms with Gasteiger partial charge in [0.05, 0.1) is 35.5 Å². The van der Waals surface area contributed by atoms with E-state index in [4.69, 9.17) is 0 Å². The number of hydrogen-bond acceptors (Lipinski definition) is 4. The Morgan fingerprint density at radius 1 is 0.603 bits per heavy atom. The van der Waals surface area contributed by atoms with Gasteiger partial charge in [0.2, 0.25) is 0 Å². The highest BCUT2D eigenvalue weighted by atomic mass is 32.1. The molecule has 0 bridgehead atoms. The molecule has 2 aliphatic carbocycles. The van der Waals surface area contributed by atoms with Crippen LogP contribution >= 0.6 is 22.7 Å². The Labute approximate surface area is 336 Å². The monoisotopic (exact) mass is 856 g/mol. The molecule has 0 unspecified atom stereocenters. The van der Waals surface area contributed by atoms with Crippen LogP contribution in [-0.2, 0) is 22.7 Å². The molecule has 1 N–H and O–H groups in total. The van der Waals surface area contributed by atoms with Crippen LogP contribution in [0.4, 0.5) is 43.9 Å². The van der Waals surface area contributed by atoms with Gasteiger partial charge in [-0.15, -0.1) is 22.7 Å². The van der Waals surface area contributed by atoms with Gasteiger partial charge in [0.25, 0.3) is 0 Å². The molecule has 2 aliphatic rings. The molecule has 2 heterocycles. The zero-order valence-electron chi connectivity index (χ0n) is 31.8. The third-order valence-electron chi connectivity index (χ3n) is 11.3. The average molecular weight is 857 g/mol. The van der Waals surface area contributed by atoms with E-state index in [1.54, 1.807) is 12.1 Å². The van der Waals surface area contributed by atoms with Crippen LogP contribution in [0.1, 0.15) is 108 Å². The van der Waals surface area contributed by atoms with Crippen molar-refractivity contribution < 1.29 is 53.8 Å². The summed E-state index contributed by atoms with van der Waals surface area (Å²) in [6, 6.07) is 11.0. The maximum absolute atomic E-state index is 15.4. The highest BCUT2D eigenvalue weighted by Gasteiger charge is 2.39. The number of hydrogen-bond donors (Lipinski definition) is 1. The van der Waals surface area contributed by atoms with E-state index in [2.05, 4.69) is 13.8 Å². The minimum Gasteiger partial charge on any atom is -0.385 e. The minimum absolute atomic E-state index is 0.0832. The van der Waals surface area contributed by atoms with Crippen LogP contribution in [0.5, 0.6) is 0 Å². The molecule has 0 amide bonds. The van der Waals surface area contributed by atoms with Crippen LogP contribution in [0.15, 0.2) is 54.6 Å². The molecule has 8 rings (SSSR count). The van der Waals surface area contributed by atoms with Gasteiger partial charge in [-0.3, -0.25) is 4.79 Å². The molecule has 2 nitrogen and oxygen atoms in total. The number of aliphatic hydroxyl groups is 1. The van der Waals surface area contributed by atoms with Crippen LogP contribution in [0.2, 0.25) is 0 Å². The van der Waals surface area contributed by atoms with Crippen molar-refractivity contribution in [3.63, 3.8) is 0 Å². The fourth-order valence-corrected chi connectivity index (χ4v) is 10.6. The Hall–Kier alpha value is -3.75. The molecule has 14 heteroatoms. The second-order valence-corrected chi connectivity index (χ2v) is 17.3. The normalized spacial score (nSPS) is 19.4. The number of alkyl halides is 6. The number of thiophene rings is 2. The Balaban J connectivity index is 0.000000167. The van der Waals surface area contributed by atoms with Gasteiger partial charge < -0.3 is 5.11 Å². The summed E-state index contributed by atoms with van der Waals surface area (Å²) in [6.07, 6.45) is 1.69. The zero-order valence-corrected chi connectivity index (χ0v) is 33.4. The van der Waals surface area contributed by atoms with Gasteiger partial charge in [0.1, 0.15) is 17.4 Å². The predicted molar refractivity (Wildman–Crippen MR) is 211 cm³/mol. The lowest BCUT2D eigenvalue weighted by Crippen LogP contribution is -2.32. The quantitative estimate of drug-likeness (QED) is 0.175. The molecule has 0 saturated heterocycles. The molecular formula is C44H42F10O2S2. The summed E-state index contributed by atoms with van der Waals surface area (Å²) >= 11 is 1.36. The zero-order chi connectivity index (χ0) is 42.2.